The summed E-state index contributed by atoms with van der Waals surface area (Å²) in [6.45, 7) is 3.70. The SMILES string of the molecule is CCc1noc(-c2ccc(CCNCc3cn[nH]c3-c3cccs3)cc2)n1. The minimum Gasteiger partial charge on any atom is -0.334 e. The Morgan fingerprint density at radius 1 is 1.19 bits per heavy atom. The van der Waals surface area contributed by atoms with Crippen LogP contribution in [0.1, 0.15) is 23.9 Å². The lowest BCUT2D eigenvalue weighted by Crippen LogP contribution is -2.16. The van der Waals surface area contributed by atoms with Gasteiger partial charge in [0.15, 0.2) is 5.82 Å². The molecule has 0 saturated carbocycles. The minimum atomic E-state index is 0.581. The van der Waals surface area contributed by atoms with Crippen molar-refractivity contribution in [2.45, 2.75) is 26.3 Å². The summed E-state index contributed by atoms with van der Waals surface area (Å²) in [6, 6.07) is 12.5. The van der Waals surface area contributed by atoms with Crippen molar-refractivity contribution in [1.29, 1.82) is 0 Å². The second kappa shape index (κ2) is 8.28. The molecule has 0 spiro atoms. The largest absolute Gasteiger partial charge is 0.334 e. The molecule has 2 N–H and O–H groups in total. The molecule has 4 aromatic rings. The van der Waals surface area contributed by atoms with Crippen molar-refractivity contribution in [2.75, 3.05) is 6.54 Å². The highest BCUT2D eigenvalue weighted by Gasteiger charge is 2.09. The number of rotatable bonds is 8. The molecule has 0 atom stereocenters. The van der Waals surface area contributed by atoms with E-state index in [9.17, 15) is 0 Å². The monoisotopic (exact) mass is 379 g/mol. The van der Waals surface area contributed by atoms with E-state index in [1.54, 1.807) is 11.3 Å². The van der Waals surface area contributed by atoms with Gasteiger partial charge in [0.05, 0.1) is 16.8 Å². The fourth-order valence-electron chi connectivity index (χ4n) is 2.86. The van der Waals surface area contributed by atoms with Crippen molar-refractivity contribution < 1.29 is 4.52 Å². The Kier molecular flexibility index (Phi) is 5.41. The van der Waals surface area contributed by atoms with Gasteiger partial charge in [-0.25, -0.2) is 0 Å². The quantitative estimate of drug-likeness (QED) is 0.451. The second-order valence-corrected chi connectivity index (χ2v) is 7.19. The van der Waals surface area contributed by atoms with Crippen LogP contribution in [0.5, 0.6) is 0 Å². The summed E-state index contributed by atoms with van der Waals surface area (Å²) >= 11 is 1.72. The number of hydrogen-bond acceptors (Lipinski definition) is 6. The first-order valence-corrected chi connectivity index (χ1v) is 9.90. The summed E-state index contributed by atoms with van der Waals surface area (Å²) in [5, 5.41) is 16.8. The Morgan fingerprint density at radius 3 is 2.81 bits per heavy atom. The van der Waals surface area contributed by atoms with Gasteiger partial charge < -0.3 is 9.84 Å². The van der Waals surface area contributed by atoms with Gasteiger partial charge in [-0.2, -0.15) is 10.1 Å². The standard InChI is InChI=1S/C20H21N5OS/c1-2-18-23-20(26-25-18)15-7-5-14(6-8-15)9-10-21-12-16-13-22-24-19(16)17-4-3-11-27-17/h3-8,11,13,21H,2,9-10,12H2,1H3,(H,22,24). The molecule has 0 aliphatic carbocycles. The van der Waals surface area contributed by atoms with Gasteiger partial charge in [-0.1, -0.05) is 30.3 Å². The van der Waals surface area contributed by atoms with Crippen molar-refractivity contribution >= 4 is 11.3 Å². The van der Waals surface area contributed by atoms with Crippen molar-refractivity contribution in [3.05, 3.63) is 64.9 Å². The third-order valence-corrected chi connectivity index (χ3v) is 5.26. The van der Waals surface area contributed by atoms with Crippen LogP contribution >= 0.6 is 11.3 Å². The molecule has 3 heterocycles. The van der Waals surface area contributed by atoms with Crippen LogP contribution in [0.4, 0.5) is 0 Å². The Morgan fingerprint density at radius 2 is 2.07 bits per heavy atom. The molecule has 27 heavy (non-hydrogen) atoms. The predicted octanol–water partition coefficient (Wildman–Crippen LogP) is 4.08. The van der Waals surface area contributed by atoms with E-state index < -0.39 is 0 Å². The fourth-order valence-corrected chi connectivity index (χ4v) is 3.62. The van der Waals surface area contributed by atoms with Gasteiger partial charge in [0.25, 0.3) is 5.89 Å². The zero-order valence-electron chi connectivity index (χ0n) is 15.1. The Bertz CT molecular complexity index is 972. The number of hydrogen-bond donors (Lipinski definition) is 2. The van der Waals surface area contributed by atoms with E-state index in [1.807, 2.05) is 25.3 Å². The molecule has 0 saturated heterocycles. The number of nitrogens with zero attached hydrogens (tertiary/aromatic N) is 3. The van der Waals surface area contributed by atoms with Crippen LogP contribution < -0.4 is 5.32 Å². The van der Waals surface area contributed by atoms with E-state index in [0.717, 1.165) is 43.0 Å². The van der Waals surface area contributed by atoms with Crippen LogP contribution in [0.15, 0.2) is 52.5 Å². The van der Waals surface area contributed by atoms with Crippen LogP contribution in [-0.4, -0.2) is 26.9 Å². The highest BCUT2D eigenvalue weighted by molar-refractivity contribution is 7.13. The first-order chi connectivity index (χ1) is 13.3. The average molecular weight is 379 g/mol. The predicted molar refractivity (Wildman–Crippen MR) is 106 cm³/mol. The minimum absolute atomic E-state index is 0.581. The lowest BCUT2D eigenvalue weighted by Gasteiger charge is -2.06. The van der Waals surface area contributed by atoms with Gasteiger partial charge in [-0.05, 0) is 42.1 Å². The van der Waals surface area contributed by atoms with Crippen LogP contribution in [0.2, 0.25) is 0 Å². The number of thiophene rings is 1. The molecule has 7 heteroatoms. The first kappa shape index (κ1) is 17.6. The molecule has 0 aliphatic rings. The summed E-state index contributed by atoms with van der Waals surface area (Å²) in [5.74, 6) is 1.32. The lowest BCUT2D eigenvalue weighted by molar-refractivity contribution is 0.423. The molecular formula is C20H21N5OS. The number of H-pyrrole nitrogens is 1. The molecular weight excluding hydrogens is 358 g/mol. The van der Waals surface area contributed by atoms with Gasteiger partial charge in [-0.15, -0.1) is 11.3 Å². The number of aryl methyl sites for hydroxylation is 1. The van der Waals surface area contributed by atoms with Crippen molar-refractivity contribution in [3.63, 3.8) is 0 Å². The lowest BCUT2D eigenvalue weighted by atomic mass is 10.1. The zero-order valence-corrected chi connectivity index (χ0v) is 15.9. The normalized spacial score (nSPS) is 11.1. The fraction of sp³-hybridized carbons (Fsp3) is 0.250. The molecule has 1 aromatic carbocycles. The molecule has 0 bridgehead atoms. The van der Waals surface area contributed by atoms with E-state index in [2.05, 4.69) is 55.3 Å². The van der Waals surface area contributed by atoms with E-state index in [-0.39, 0.29) is 0 Å². The Balaban J connectivity index is 1.29. The first-order valence-electron chi connectivity index (χ1n) is 9.02. The Hall–Kier alpha value is -2.77. The van der Waals surface area contributed by atoms with Gasteiger partial charge in [0.2, 0.25) is 0 Å². The summed E-state index contributed by atoms with van der Waals surface area (Å²) in [5.41, 5.74) is 4.52. The van der Waals surface area contributed by atoms with E-state index >= 15 is 0 Å². The maximum Gasteiger partial charge on any atom is 0.257 e. The number of aromatic amines is 1. The molecule has 0 radical (unpaired) electrons. The highest BCUT2D eigenvalue weighted by Crippen LogP contribution is 2.25. The van der Waals surface area contributed by atoms with Gasteiger partial charge >= 0.3 is 0 Å². The third-order valence-electron chi connectivity index (χ3n) is 4.38. The van der Waals surface area contributed by atoms with Crippen LogP contribution in [0.3, 0.4) is 0 Å². The zero-order chi connectivity index (χ0) is 18.5. The van der Waals surface area contributed by atoms with Crippen LogP contribution in [-0.2, 0) is 19.4 Å². The van der Waals surface area contributed by atoms with Crippen molar-refractivity contribution in [2.24, 2.45) is 0 Å². The number of nitrogens with one attached hydrogen (secondary N) is 2. The van der Waals surface area contributed by atoms with Crippen molar-refractivity contribution in [3.8, 4) is 22.0 Å². The van der Waals surface area contributed by atoms with E-state index in [1.165, 1.54) is 16.0 Å². The number of benzene rings is 1. The van der Waals surface area contributed by atoms with Gasteiger partial charge in [0, 0.05) is 24.1 Å². The summed E-state index contributed by atoms with van der Waals surface area (Å²) in [4.78, 5) is 5.58. The third kappa shape index (κ3) is 4.15. The molecule has 0 unspecified atom stereocenters. The molecule has 138 valence electrons. The Labute approximate surface area is 161 Å². The van der Waals surface area contributed by atoms with Gasteiger partial charge in [-0.3, -0.25) is 5.10 Å². The maximum atomic E-state index is 5.28. The van der Waals surface area contributed by atoms with Crippen molar-refractivity contribution in [1.82, 2.24) is 25.7 Å². The number of aromatic nitrogens is 4. The van der Waals surface area contributed by atoms with Crippen LogP contribution in [0.25, 0.3) is 22.0 Å². The van der Waals surface area contributed by atoms with E-state index in [0.29, 0.717) is 5.89 Å². The van der Waals surface area contributed by atoms with Gasteiger partial charge in [0.1, 0.15) is 0 Å². The smallest absolute Gasteiger partial charge is 0.257 e. The summed E-state index contributed by atoms with van der Waals surface area (Å²) in [7, 11) is 0. The molecule has 4 rings (SSSR count). The summed E-state index contributed by atoms with van der Waals surface area (Å²) in [6.07, 6.45) is 3.63. The second-order valence-electron chi connectivity index (χ2n) is 6.24. The molecule has 0 fully saturated rings. The average Bonchev–Trinajstić information content (AvgIpc) is 3.47. The van der Waals surface area contributed by atoms with Crippen LogP contribution in [0, 0.1) is 0 Å². The molecule has 0 aliphatic heterocycles. The maximum absolute atomic E-state index is 5.28. The molecule has 6 nitrogen and oxygen atoms in total. The molecule has 3 aromatic heterocycles. The summed E-state index contributed by atoms with van der Waals surface area (Å²) < 4.78 is 5.28. The molecule has 0 amide bonds. The highest BCUT2D eigenvalue weighted by atomic mass is 32.1. The topological polar surface area (TPSA) is 79.6 Å². The van der Waals surface area contributed by atoms with E-state index in [4.69, 9.17) is 4.52 Å².